The predicted molar refractivity (Wildman–Crippen MR) is 318 cm³/mol. The van der Waals surface area contributed by atoms with E-state index in [0.717, 1.165) is 65.7 Å². The number of aliphatic hydroxyl groups is 1. The highest BCUT2D eigenvalue weighted by molar-refractivity contribution is 6.16. The van der Waals surface area contributed by atoms with Crippen molar-refractivity contribution in [1.29, 1.82) is 0 Å². The summed E-state index contributed by atoms with van der Waals surface area (Å²) in [5, 5.41) is 20.2. The number of aliphatic hydroxyl groups excluding tert-OH is 1. The van der Waals surface area contributed by atoms with Crippen LogP contribution in [-0.2, 0) is 6.42 Å². The van der Waals surface area contributed by atoms with Crippen molar-refractivity contribution >= 4 is 32.3 Å². The molecule has 0 amide bonds. The van der Waals surface area contributed by atoms with Gasteiger partial charge in [0.15, 0.2) is 0 Å². The zero-order chi connectivity index (χ0) is 50.5. The highest BCUT2D eigenvalue weighted by Crippen LogP contribution is 2.54. The van der Waals surface area contributed by atoms with Gasteiger partial charge in [-0.3, -0.25) is 0 Å². The Morgan fingerprint density at radius 3 is 1.24 bits per heavy atom. The Labute approximate surface area is 446 Å². The van der Waals surface area contributed by atoms with Crippen molar-refractivity contribution in [2.45, 2.75) is 62.4 Å². The van der Waals surface area contributed by atoms with Crippen molar-refractivity contribution in [3.05, 3.63) is 283 Å². The molecule has 2 aliphatic rings. The minimum Gasteiger partial charge on any atom is -0.388 e. The van der Waals surface area contributed by atoms with E-state index in [1.807, 2.05) is 0 Å². The van der Waals surface area contributed by atoms with Crippen LogP contribution in [-0.4, -0.2) is 9.67 Å². The maximum absolute atomic E-state index is 12.7. The van der Waals surface area contributed by atoms with Crippen LogP contribution in [0.15, 0.2) is 255 Å². The Morgan fingerprint density at radius 1 is 0.329 bits per heavy atom. The second-order valence-electron chi connectivity index (χ2n) is 21.4. The third kappa shape index (κ3) is 8.08. The largest absolute Gasteiger partial charge is 0.388 e. The molecule has 0 spiro atoms. The van der Waals surface area contributed by atoms with E-state index in [-0.39, 0.29) is 0 Å². The molecule has 0 bridgehead atoms. The molecule has 76 heavy (non-hydrogen) atoms. The Balaban J connectivity index is 1.01. The lowest BCUT2D eigenvalue weighted by Gasteiger charge is -2.37. The minimum atomic E-state index is -0.633. The van der Waals surface area contributed by atoms with Crippen LogP contribution in [0.5, 0.6) is 0 Å². The summed E-state index contributed by atoms with van der Waals surface area (Å²) in [4.78, 5) is 0. The van der Waals surface area contributed by atoms with E-state index in [1.54, 1.807) is 0 Å². The molecule has 2 heteroatoms. The van der Waals surface area contributed by atoms with E-state index in [4.69, 9.17) is 0 Å². The van der Waals surface area contributed by atoms with Gasteiger partial charge in [-0.05, 0) is 192 Å². The molecular weight excluding hydrogens is 919 g/mol. The molecule has 2 aliphatic carbocycles. The molecule has 14 rings (SSSR count). The molecule has 11 aromatic carbocycles. The van der Waals surface area contributed by atoms with Crippen LogP contribution in [0.25, 0.3) is 93.9 Å². The Morgan fingerprint density at radius 2 is 0.724 bits per heavy atom. The van der Waals surface area contributed by atoms with Gasteiger partial charge in [-0.15, -0.1) is 0 Å². The van der Waals surface area contributed by atoms with Gasteiger partial charge >= 0.3 is 0 Å². The molecule has 1 fully saturated rings. The van der Waals surface area contributed by atoms with E-state index in [1.165, 1.54) is 88.1 Å². The number of para-hydroxylation sites is 1. The molecule has 3 unspecified atom stereocenters. The Hall–Kier alpha value is -8.56. The first-order valence-corrected chi connectivity index (χ1v) is 27.5. The highest BCUT2D eigenvalue weighted by atomic mass is 16.3. The third-order valence-corrected chi connectivity index (χ3v) is 17.1. The van der Waals surface area contributed by atoms with Crippen LogP contribution in [0.2, 0.25) is 0 Å². The quantitative estimate of drug-likeness (QED) is 0.143. The van der Waals surface area contributed by atoms with Crippen LogP contribution in [0, 0.1) is 0 Å². The Bertz CT molecular complexity index is 3900. The first kappa shape index (κ1) is 46.0. The number of hydrogen-bond donors (Lipinski definition) is 1. The maximum Gasteiger partial charge on any atom is 0.0799 e. The number of fused-ring (bicyclic) bond motifs is 4. The lowest BCUT2D eigenvalue weighted by molar-refractivity contribution is 0.157. The molecule has 1 N–H and O–H groups in total. The molecule has 366 valence electrons. The van der Waals surface area contributed by atoms with E-state index < -0.39 is 6.10 Å². The first-order chi connectivity index (χ1) is 37.6. The highest BCUT2D eigenvalue weighted by Gasteiger charge is 2.35. The van der Waals surface area contributed by atoms with Crippen molar-refractivity contribution in [1.82, 2.24) is 4.57 Å². The second-order valence-corrected chi connectivity index (χ2v) is 21.4. The number of aromatic nitrogens is 1. The van der Waals surface area contributed by atoms with Crippen LogP contribution in [0.1, 0.15) is 83.8 Å². The summed E-state index contributed by atoms with van der Waals surface area (Å²) >= 11 is 0. The SMILES string of the molecule is OC1CCCc2c1c(-c1ccc(-c3c4ccccc4c(C4CC(c5ccccc5)CC(c5ccccc5)C4)c4ccccc34)n1-c1ccccc1)c1ccccc1c2-c1cc(-c2ccccc2)cc(-c2ccccc2)c1. The predicted octanol–water partition coefficient (Wildman–Crippen LogP) is 19.5. The zero-order valence-electron chi connectivity index (χ0n) is 42.7. The zero-order valence-corrected chi connectivity index (χ0v) is 42.7. The summed E-state index contributed by atoms with van der Waals surface area (Å²) in [5.41, 5.74) is 19.5. The van der Waals surface area contributed by atoms with Gasteiger partial charge in [-0.25, -0.2) is 0 Å². The van der Waals surface area contributed by atoms with Gasteiger partial charge in [-0.1, -0.05) is 212 Å². The average Bonchev–Trinajstić information content (AvgIpc) is 3.95. The maximum atomic E-state index is 12.7. The standard InChI is InChI=1S/C74H59NO/c76-69-40-22-39-66-71(58-47-55(51-27-10-3-11-28-51)44-56(48-58)52-29-12-4-13-30-52)62-35-18-21-38-65(62)73(74(66)69)68-42-41-67(75(68)59-31-14-5-15-32-59)72-63-36-19-16-33-60(63)70(61-34-17-20-37-64(61)72)57-45-53(49-23-6-1-7-24-49)43-54(46-57)50-25-8-2-9-26-50/h1-21,23-38,41-42,44,47-48,53-54,57,69,76H,22,39-40,43,45-46H2. The number of hydrogen-bond acceptors (Lipinski definition) is 1. The van der Waals surface area contributed by atoms with Crippen LogP contribution in [0.4, 0.5) is 0 Å². The first-order valence-electron chi connectivity index (χ1n) is 27.5. The molecule has 0 radical (unpaired) electrons. The van der Waals surface area contributed by atoms with Gasteiger partial charge in [-0.2, -0.15) is 0 Å². The molecule has 2 nitrogen and oxygen atoms in total. The molecule has 3 atom stereocenters. The van der Waals surface area contributed by atoms with E-state index in [2.05, 4.69) is 259 Å². The molecule has 0 saturated heterocycles. The van der Waals surface area contributed by atoms with E-state index in [0.29, 0.717) is 24.2 Å². The average molecular weight is 978 g/mol. The van der Waals surface area contributed by atoms with E-state index in [9.17, 15) is 5.11 Å². The van der Waals surface area contributed by atoms with Crippen molar-refractivity contribution < 1.29 is 5.11 Å². The van der Waals surface area contributed by atoms with Gasteiger partial charge in [0.25, 0.3) is 0 Å². The molecule has 12 aromatic rings. The second kappa shape index (κ2) is 19.6. The fourth-order valence-electron chi connectivity index (χ4n) is 13.8. The Kier molecular flexibility index (Phi) is 11.9. The number of rotatable bonds is 9. The summed E-state index contributed by atoms with van der Waals surface area (Å²) in [6, 6.07) is 94.3. The molecule has 1 heterocycles. The summed E-state index contributed by atoms with van der Waals surface area (Å²) < 4.78 is 2.51. The summed E-state index contributed by atoms with van der Waals surface area (Å²) in [5.74, 6) is 1.24. The van der Waals surface area contributed by atoms with Crippen molar-refractivity contribution in [3.8, 4) is 61.6 Å². The number of benzene rings is 11. The molecular formula is C74H59NO. The smallest absolute Gasteiger partial charge is 0.0799 e. The molecule has 1 aromatic heterocycles. The number of nitrogens with zero attached hydrogens (tertiary/aromatic N) is 1. The summed E-state index contributed by atoms with van der Waals surface area (Å²) in [6.07, 6.45) is 5.22. The fourth-order valence-corrected chi connectivity index (χ4v) is 13.8. The van der Waals surface area contributed by atoms with Crippen molar-refractivity contribution in [2.24, 2.45) is 0 Å². The van der Waals surface area contributed by atoms with E-state index >= 15 is 0 Å². The fraction of sp³-hybridized carbons (Fsp3) is 0.135. The van der Waals surface area contributed by atoms with Crippen LogP contribution in [0.3, 0.4) is 0 Å². The van der Waals surface area contributed by atoms with Gasteiger partial charge in [0.1, 0.15) is 0 Å². The van der Waals surface area contributed by atoms with Gasteiger partial charge in [0.2, 0.25) is 0 Å². The molecule has 1 saturated carbocycles. The normalized spacial score (nSPS) is 17.5. The van der Waals surface area contributed by atoms with Gasteiger partial charge in [0, 0.05) is 16.8 Å². The molecule has 0 aliphatic heterocycles. The summed E-state index contributed by atoms with van der Waals surface area (Å²) in [7, 11) is 0. The lowest BCUT2D eigenvalue weighted by Crippen LogP contribution is -2.20. The minimum absolute atomic E-state index is 0.347. The summed E-state index contributed by atoms with van der Waals surface area (Å²) in [6.45, 7) is 0. The van der Waals surface area contributed by atoms with Gasteiger partial charge in [0.05, 0.1) is 17.5 Å². The lowest BCUT2D eigenvalue weighted by atomic mass is 9.67. The topological polar surface area (TPSA) is 25.2 Å². The van der Waals surface area contributed by atoms with Gasteiger partial charge < -0.3 is 9.67 Å². The van der Waals surface area contributed by atoms with Crippen LogP contribution < -0.4 is 0 Å². The van der Waals surface area contributed by atoms with Crippen molar-refractivity contribution in [2.75, 3.05) is 0 Å². The van der Waals surface area contributed by atoms with Crippen LogP contribution >= 0.6 is 0 Å². The third-order valence-electron chi connectivity index (χ3n) is 17.1. The monoisotopic (exact) mass is 977 g/mol. The van der Waals surface area contributed by atoms with Crippen molar-refractivity contribution in [3.63, 3.8) is 0 Å².